The van der Waals surface area contributed by atoms with Crippen LogP contribution in [-0.2, 0) is 4.74 Å². The molecule has 14 heteroatoms. The van der Waals surface area contributed by atoms with Crippen LogP contribution in [0, 0.1) is 0 Å². The van der Waals surface area contributed by atoms with Gasteiger partial charge >= 0.3 is 22.3 Å². The highest BCUT2D eigenvalue weighted by atomic mass is 32.5. The number of carbonyl (C=O) groups excluding carboxylic acids is 1. The Kier molecular flexibility index (Phi) is 6.00. The molecule has 1 aliphatic heterocycles. The van der Waals surface area contributed by atoms with Crippen molar-refractivity contribution in [3.8, 4) is 11.8 Å². The van der Waals surface area contributed by atoms with Crippen LogP contribution < -0.4 is 20.1 Å². The number of halogens is 5. The molecule has 0 atom stereocenters. The summed E-state index contributed by atoms with van der Waals surface area (Å²) in [6.45, 7) is 0.405. The van der Waals surface area contributed by atoms with Gasteiger partial charge in [0.25, 0.3) is 0 Å². The largest absolute Gasteiger partial charge is 0.483 e. The van der Waals surface area contributed by atoms with Crippen molar-refractivity contribution < 1.29 is 38.4 Å². The number of hydrogen-bond donors (Lipinski definition) is 2. The average Bonchev–Trinajstić information content (AvgIpc) is 2.72. The van der Waals surface area contributed by atoms with Gasteiger partial charge in [0.05, 0.1) is 18.9 Å². The summed E-state index contributed by atoms with van der Waals surface area (Å²) < 4.78 is 82.6. The van der Waals surface area contributed by atoms with E-state index in [1.54, 1.807) is 18.5 Å². The number of rotatable bonds is 7. The van der Waals surface area contributed by atoms with Crippen molar-refractivity contribution in [2.24, 2.45) is 0 Å². The summed E-state index contributed by atoms with van der Waals surface area (Å²) >= 11 is 0. The Hall–Kier alpha value is -2.87. The molecule has 8 nitrogen and oxygen atoms in total. The Morgan fingerprint density at radius 3 is 2.24 bits per heavy atom. The molecule has 0 spiro atoms. The molecule has 4 rings (SSSR count). The Labute approximate surface area is 191 Å². The minimum Gasteiger partial charge on any atom is -0.483 e. The van der Waals surface area contributed by atoms with Gasteiger partial charge in [0.2, 0.25) is 0 Å². The number of aromatic nitrogens is 2. The summed E-state index contributed by atoms with van der Waals surface area (Å²) in [5.74, 6) is -0.158. The molecule has 1 saturated heterocycles. The van der Waals surface area contributed by atoms with Crippen LogP contribution in [-0.4, -0.2) is 47.5 Å². The van der Waals surface area contributed by atoms with E-state index in [4.69, 9.17) is 14.2 Å². The Morgan fingerprint density at radius 1 is 0.971 bits per heavy atom. The molecule has 0 radical (unpaired) electrons. The molecule has 1 aromatic carbocycles. The number of urea groups is 1. The fourth-order valence-corrected chi connectivity index (χ4v) is 4.24. The van der Waals surface area contributed by atoms with E-state index < -0.39 is 32.9 Å². The van der Waals surface area contributed by atoms with Crippen LogP contribution in [0.4, 0.5) is 29.9 Å². The lowest BCUT2D eigenvalue weighted by Crippen LogP contribution is -2.42. The Bertz CT molecular complexity index is 1030. The first-order valence-electron chi connectivity index (χ1n) is 10.5. The van der Waals surface area contributed by atoms with Gasteiger partial charge in [-0.2, -0.15) is 0 Å². The fraction of sp³-hybridized carbons (Fsp3) is 0.450. The first-order chi connectivity index (χ1) is 15.9. The molecule has 0 bridgehead atoms. The summed E-state index contributed by atoms with van der Waals surface area (Å²) in [7, 11) is -9.95. The van der Waals surface area contributed by atoms with E-state index in [-0.39, 0.29) is 49.3 Å². The van der Waals surface area contributed by atoms with Crippen LogP contribution in [0.3, 0.4) is 0 Å². The van der Waals surface area contributed by atoms with Gasteiger partial charge in [-0.3, -0.25) is 0 Å². The van der Waals surface area contributed by atoms with Gasteiger partial charge in [0.15, 0.2) is 0 Å². The predicted octanol–water partition coefficient (Wildman–Crippen LogP) is 5.42. The van der Waals surface area contributed by atoms with Gasteiger partial charge in [-0.05, 0) is 49.9 Å². The molecular weight excluding hydrogens is 487 g/mol. The second-order valence-electron chi connectivity index (χ2n) is 8.13. The zero-order valence-corrected chi connectivity index (χ0v) is 18.6. The fourth-order valence-electron chi connectivity index (χ4n) is 3.58. The number of carbonyl (C=O) groups is 1. The number of nitrogens with zero attached hydrogens (tertiary/aromatic N) is 2. The van der Waals surface area contributed by atoms with Crippen LogP contribution in [0.1, 0.15) is 25.7 Å². The summed E-state index contributed by atoms with van der Waals surface area (Å²) in [5, 5.41) is 4.89. The van der Waals surface area contributed by atoms with E-state index in [1.807, 2.05) is 0 Å². The minimum absolute atomic E-state index is 0.137. The van der Waals surface area contributed by atoms with Crippen molar-refractivity contribution in [2.75, 3.05) is 18.5 Å². The van der Waals surface area contributed by atoms with E-state index in [9.17, 15) is 24.2 Å². The van der Waals surface area contributed by atoms with Crippen LogP contribution in [0.5, 0.6) is 11.8 Å². The number of ether oxygens (including phenoxy) is 3. The summed E-state index contributed by atoms with van der Waals surface area (Å²) in [5.41, 5.74) is -0.506. The molecule has 2 N–H and O–H groups in total. The van der Waals surface area contributed by atoms with Crippen molar-refractivity contribution in [1.82, 2.24) is 15.3 Å². The molecule has 2 aliphatic rings. The highest BCUT2D eigenvalue weighted by molar-refractivity contribution is 8.45. The third kappa shape index (κ3) is 6.38. The Balaban J connectivity index is 1.38. The quantitative estimate of drug-likeness (QED) is 0.483. The molecule has 34 heavy (non-hydrogen) atoms. The molecule has 188 valence electrons. The summed E-state index contributed by atoms with van der Waals surface area (Å²) in [4.78, 5) is 18.4. The number of amides is 2. The third-order valence-electron chi connectivity index (χ3n) is 5.37. The number of nitrogens with one attached hydrogen (secondary N) is 2. The molecule has 0 unspecified atom stereocenters. The SMILES string of the molecule is O=C(Nc1cc(S(F)(F)(F)(F)F)ccc1OC1COC1)NC1CCC(Oc2ncccn2)CC1. The topological polar surface area (TPSA) is 94.6 Å². The summed E-state index contributed by atoms with van der Waals surface area (Å²) in [6, 6.07) is 2.03. The molecule has 1 saturated carbocycles. The first-order valence-corrected chi connectivity index (χ1v) is 12.4. The maximum atomic E-state index is 13.3. The van der Waals surface area contributed by atoms with E-state index >= 15 is 0 Å². The van der Waals surface area contributed by atoms with Crippen LogP contribution >= 0.6 is 10.2 Å². The highest BCUT2D eigenvalue weighted by Crippen LogP contribution is 3.02. The standard InChI is InChI=1S/C20H23F5N4O4S/c21-34(22,23,24,25)16-6-7-18(32-15-11-31-12-15)17(10-16)29-19(30)28-13-2-4-14(5-3-13)33-20-26-8-1-9-27-20/h1,6-10,13-15H,2-5,11-12H2,(H2,28,29,30). The third-order valence-corrected chi connectivity index (χ3v) is 6.51. The zero-order valence-electron chi connectivity index (χ0n) is 17.8. The first kappa shape index (κ1) is 24.3. The number of benzene rings is 1. The van der Waals surface area contributed by atoms with Crippen molar-refractivity contribution in [1.29, 1.82) is 0 Å². The predicted molar refractivity (Wildman–Crippen MR) is 114 cm³/mol. The van der Waals surface area contributed by atoms with Gasteiger partial charge in [-0.1, -0.05) is 19.4 Å². The van der Waals surface area contributed by atoms with Crippen LogP contribution in [0.25, 0.3) is 0 Å². The van der Waals surface area contributed by atoms with E-state index in [0.29, 0.717) is 25.7 Å². The van der Waals surface area contributed by atoms with E-state index in [1.165, 1.54) is 0 Å². The van der Waals surface area contributed by atoms with E-state index in [2.05, 4.69) is 20.6 Å². The molecule has 2 heterocycles. The number of anilines is 1. The van der Waals surface area contributed by atoms with Gasteiger partial charge in [0, 0.05) is 18.4 Å². The van der Waals surface area contributed by atoms with Gasteiger partial charge in [0.1, 0.15) is 22.9 Å². The van der Waals surface area contributed by atoms with Gasteiger partial charge in [-0.15, -0.1) is 0 Å². The molecular formula is C20H23F5N4O4S. The van der Waals surface area contributed by atoms with Gasteiger partial charge < -0.3 is 24.8 Å². The highest BCUT2D eigenvalue weighted by Gasteiger charge is 2.65. The monoisotopic (exact) mass is 510 g/mol. The lowest BCUT2D eigenvalue weighted by molar-refractivity contribution is -0.0794. The van der Waals surface area contributed by atoms with Crippen molar-refractivity contribution in [2.45, 2.75) is 48.8 Å². The number of hydrogen-bond acceptors (Lipinski definition) is 6. The molecule has 1 aliphatic carbocycles. The van der Waals surface area contributed by atoms with Crippen molar-refractivity contribution in [3.63, 3.8) is 0 Å². The summed E-state index contributed by atoms with van der Waals surface area (Å²) in [6.07, 6.45) is 4.80. The second kappa shape index (κ2) is 8.41. The second-order valence-corrected chi connectivity index (χ2v) is 10.5. The maximum Gasteiger partial charge on any atom is 0.319 e. The smallest absolute Gasteiger partial charge is 0.319 e. The average molecular weight is 510 g/mol. The normalized spacial score (nSPS) is 23.1. The maximum absolute atomic E-state index is 13.3. The lowest BCUT2D eigenvalue weighted by atomic mass is 9.93. The van der Waals surface area contributed by atoms with Gasteiger partial charge in [-0.25, -0.2) is 14.8 Å². The Morgan fingerprint density at radius 2 is 1.65 bits per heavy atom. The zero-order chi connectivity index (χ0) is 24.5. The molecule has 1 aromatic heterocycles. The lowest BCUT2D eigenvalue weighted by Gasteiger charge is -2.41. The van der Waals surface area contributed by atoms with E-state index in [0.717, 1.165) is 6.07 Å². The molecule has 2 aromatic rings. The molecule has 2 fully saturated rings. The van der Waals surface area contributed by atoms with Crippen LogP contribution in [0.15, 0.2) is 41.6 Å². The van der Waals surface area contributed by atoms with Crippen molar-refractivity contribution >= 4 is 21.9 Å². The van der Waals surface area contributed by atoms with Crippen LogP contribution in [0.2, 0.25) is 0 Å². The molecule has 2 amide bonds. The minimum atomic E-state index is -9.95. The van der Waals surface area contributed by atoms with Crippen molar-refractivity contribution in [3.05, 3.63) is 36.7 Å².